The molecule has 5 heteroatoms. The SMILES string of the molecule is CCOc1ccc(Nc2cc(Nc3ccc(CC)cc3)nc(C)n2)cc1. The maximum atomic E-state index is 5.47. The maximum Gasteiger partial charge on any atom is 0.136 e. The van der Waals surface area contributed by atoms with Crippen molar-refractivity contribution in [2.24, 2.45) is 0 Å². The monoisotopic (exact) mass is 348 g/mol. The van der Waals surface area contributed by atoms with Crippen LogP contribution in [-0.2, 0) is 6.42 Å². The number of aryl methyl sites for hydroxylation is 2. The summed E-state index contributed by atoms with van der Waals surface area (Å²) in [7, 11) is 0. The third kappa shape index (κ3) is 4.72. The number of aromatic nitrogens is 2. The van der Waals surface area contributed by atoms with Crippen molar-refractivity contribution in [2.45, 2.75) is 27.2 Å². The highest BCUT2D eigenvalue weighted by Gasteiger charge is 2.04. The summed E-state index contributed by atoms with van der Waals surface area (Å²) in [5, 5.41) is 6.65. The van der Waals surface area contributed by atoms with Crippen molar-refractivity contribution < 1.29 is 4.74 Å². The fourth-order valence-electron chi connectivity index (χ4n) is 2.62. The van der Waals surface area contributed by atoms with Gasteiger partial charge in [-0.25, -0.2) is 9.97 Å². The molecule has 1 aromatic heterocycles. The van der Waals surface area contributed by atoms with E-state index >= 15 is 0 Å². The van der Waals surface area contributed by atoms with Crippen LogP contribution in [0.3, 0.4) is 0 Å². The molecule has 0 fully saturated rings. The molecule has 0 radical (unpaired) electrons. The zero-order chi connectivity index (χ0) is 18.4. The van der Waals surface area contributed by atoms with Crippen molar-refractivity contribution in [3.8, 4) is 5.75 Å². The van der Waals surface area contributed by atoms with Crippen LogP contribution < -0.4 is 15.4 Å². The molecule has 0 aliphatic heterocycles. The van der Waals surface area contributed by atoms with Gasteiger partial charge in [-0.15, -0.1) is 0 Å². The number of nitrogens with zero attached hydrogens (tertiary/aromatic N) is 2. The van der Waals surface area contributed by atoms with Crippen molar-refractivity contribution in [3.05, 3.63) is 66.0 Å². The Bertz CT molecular complexity index is 845. The molecule has 5 nitrogen and oxygen atoms in total. The minimum absolute atomic E-state index is 0.659. The predicted molar refractivity (Wildman–Crippen MR) is 107 cm³/mol. The quantitative estimate of drug-likeness (QED) is 0.612. The molecule has 1 heterocycles. The highest BCUT2D eigenvalue weighted by Crippen LogP contribution is 2.22. The van der Waals surface area contributed by atoms with E-state index in [-0.39, 0.29) is 0 Å². The molecule has 0 aliphatic rings. The van der Waals surface area contributed by atoms with Gasteiger partial charge in [0.05, 0.1) is 6.61 Å². The minimum atomic E-state index is 0.659. The predicted octanol–water partition coefficient (Wildman–Crippen LogP) is 5.23. The van der Waals surface area contributed by atoms with Crippen LogP contribution in [0.2, 0.25) is 0 Å². The molecule has 0 aliphatic carbocycles. The summed E-state index contributed by atoms with van der Waals surface area (Å²) >= 11 is 0. The van der Waals surface area contributed by atoms with Crippen molar-refractivity contribution in [1.82, 2.24) is 9.97 Å². The second-order valence-electron chi connectivity index (χ2n) is 5.94. The number of anilines is 4. The molecule has 26 heavy (non-hydrogen) atoms. The first-order valence-corrected chi connectivity index (χ1v) is 8.88. The highest BCUT2D eigenvalue weighted by molar-refractivity contribution is 5.63. The number of ether oxygens (including phenoxy) is 1. The van der Waals surface area contributed by atoms with Crippen LogP contribution in [0, 0.1) is 6.92 Å². The van der Waals surface area contributed by atoms with Gasteiger partial charge in [-0.1, -0.05) is 19.1 Å². The number of nitrogens with one attached hydrogen (secondary N) is 2. The van der Waals surface area contributed by atoms with E-state index in [0.717, 1.165) is 35.2 Å². The van der Waals surface area contributed by atoms with E-state index < -0.39 is 0 Å². The fourth-order valence-corrected chi connectivity index (χ4v) is 2.62. The third-order valence-electron chi connectivity index (χ3n) is 3.91. The average Bonchev–Trinajstić information content (AvgIpc) is 2.64. The van der Waals surface area contributed by atoms with Crippen LogP contribution in [0.15, 0.2) is 54.6 Å². The Kier molecular flexibility index (Phi) is 5.69. The Balaban J connectivity index is 1.74. The zero-order valence-electron chi connectivity index (χ0n) is 15.4. The van der Waals surface area contributed by atoms with E-state index in [4.69, 9.17) is 4.74 Å². The van der Waals surface area contributed by atoms with E-state index in [9.17, 15) is 0 Å². The lowest BCUT2D eigenvalue weighted by Crippen LogP contribution is -2.01. The summed E-state index contributed by atoms with van der Waals surface area (Å²) in [5.41, 5.74) is 3.27. The summed E-state index contributed by atoms with van der Waals surface area (Å²) in [6.07, 6.45) is 1.03. The van der Waals surface area contributed by atoms with E-state index in [1.54, 1.807) is 0 Å². The maximum absolute atomic E-state index is 5.47. The third-order valence-corrected chi connectivity index (χ3v) is 3.91. The van der Waals surface area contributed by atoms with Crippen LogP contribution >= 0.6 is 0 Å². The van der Waals surface area contributed by atoms with Crippen LogP contribution in [-0.4, -0.2) is 16.6 Å². The van der Waals surface area contributed by atoms with Crippen molar-refractivity contribution in [3.63, 3.8) is 0 Å². The smallest absolute Gasteiger partial charge is 0.136 e. The Morgan fingerprint density at radius 3 is 1.85 bits per heavy atom. The second-order valence-corrected chi connectivity index (χ2v) is 5.94. The molecular formula is C21H24N4O. The molecule has 134 valence electrons. The van der Waals surface area contributed by atoms with Crippen LogP contribution in [0.4, 0.5) is 23.0 Å². The Labute approximate surface area is 154 Å². The van der Waals surface area contributed by atoms with Gasteiger partial charge in [0, 0.05) is 17.4 Å². The Hall–Kier alpha value is -3.08. The van der Waals surface area contributed by atoms with Crippen molar-refractivity contribution >= 4 is 23.0 Å². The van der Waals surface area contributed by atoms with Gasteiger partial charge >= 0.3 is 0 Å². The molecule has 0 unspecified atom stereocenters. The molecule has 0 atom stereocenters. The van der Waals surface area contributed by atoms with Crippen LogP contribution in [0.5, 0.6) is 5.75 Å². The topological polar surface area (TPSA) is 59.1 Å². The largest absolute Gasteiger partial charge is 0.494 e. The van der Waals surface area contributed by atoms with E-state index in [1.807, 2.05) is 44.2 Å². The number of benzene rings is 2. The average molecular weight is 348 g/mol. The number of hydrogen-bond donors (Lipinski definition) is 2. The molecule has 0 saturated carbocycles. The van der Waals surface area contributed by atoms with Gasteiger partial charge in [-0.05, 0) is 62.2 Å². The molecule has 3 rings (SSSR count). The first kappa shape index (κ1) is 17.7. The molecule has 0 bridgehead atoms. The van der Waals surface area contributed by atoms with Gasteiger partial charge < -0.3 is 15.4 Å². The van der Waals surface area contributed by atoms with Crippen molar-refractivity contribution in [2.75, 3.05) is 17.2 Å². The summed E-state index contributed by atoms with van der Waals surface area (Å²) in [6.45, 7) is 6.66. The van der Waals surface area contributed by atoms with Crippen molar-refractivity contribution in [1.29, 1.82) is 0 Å². The van der Waals surface area contributed by atoms with Gasteiger partial charge in [-0.2, -0.15) is 0 Å². The van der Waals surface area contributed by atoms with Gasteiger partial charge in [-0.3, -0.25) is 0 Å². The Morgan fingerprint density at radius 2 is 1.35 bits per heavy atom. The lowest BCUT2D eigenvalue weighted by molar-refractivity contribution is 0.340. The Morgan fingerprint density at radius 1 is 0.808 bits per heavy atom. The van der Waals surface area contributed by atoms with E-state index in [0.29, 0.717) is 12.4 Å². The lowest BCUT2D eigenvalue weighted by Gasteiger charge is -2.11. The standard InChI is InChI=1S/C21H24N4O/c1-4-16-6-8-17(9-7-16)24-20-14-21(23-15(3)22-20)25-18-10-12-19(13-11-18)26-5-2/h6-14H,4-5H2,1-3H3,(H2,22,23,24,25). The number of hydrogen-bond acceptors (Lipinski definition) is 5. The molecule has 3 aromatic rings. The van der Waals surface area contributed by atoms with Crippen LogP contribution in [0.25, 0.3) is 0 Å². The molecule has 0 amide bonds. The second kappa shape index (κ2) is 8.34. The van der Waals surface area contributed by atoms with E-state index in [1.165, 1.54) is 5.56 Å². The summed E-state index contributed by atoms with van der Waals surface area (Å²) in [6, 6.07) is 18.1. The molecule has 0 saturated heterocycles. The van der Waals surface area contributed by atoms with Gasteiger partial charge in [0.2, 0.25) is 0 Å². The summed E-state index contributed by atoms with van der Waals surface area (Å²) in [5.74, 6) is 3.06. The van der Waals surface area contributed by atoms with Gasteiger partial charge in [0.1, 0.15) is 23.2 Å². The van der Waals surface area contributed by atoms with Crippen LogP contribution in [0.1, 0.15) is 25.2 Å². The molecule has 0 spiro atoms. The summed E-state index contributed by atoms with van der Waals surface area (Å²) in [4.78, 5) is 8.93. The van der Waals surface area contributed by atoms with Gasteiger partial charge in [0.25, 0.3) is 0 Å². The normalized spacial score (nSPS) is 10.4. The first-order valence-electron chi connectivity index (χ1n) is 8.88. The number of rotatable bonds is 7. The molecule has 2 N–H and O–H groups in total. The summed E-state index contributed by atoms with van der Waals surface area (Å²) < 4.78 is 5.47. The fraction of sp³-hybridized carbons (Fsp3) is 0.238. The molecular weight excluding hydrogens is 324 g/mol. The zero-order valence-corrected chi connectivity index (χ0v) is 15.4. The van der Waals surface area contributed by atoms with Gasteiger partial charge in [0.15, 0.2) is 0 Å². The lowest BCUT2D eigenvalue weighted by atomic mass is 10.1. The minimum Gasteiger partial charge on any atom is -0.494 e. The first-order chi connectivity index (χ1) is 12.7. The highest BCUT2D eigenvalue weighted by atomic mass is 16.5. The molecule has 2 aromatic carbocycles. The van der Waals surface area contributed by atoms with E-state index in [2.05, 4.69) is 51.8 Å².